The molecule has 0 aromatic heterocycles. The summed E-state index contributed by atoms with van der Waals surface area (Å²) in [5.41, 5.74) is -5.39. The van der Waals surface area contributed by atoms with Crippen LogP contribution in [-0.2, 0) is 14.8 Å². The average Bonchev–Trinajstić information content (AvgIpc) is 2.02. The molecule has 0 spiro atoms. The number of halogens is 3. The van der Waals surface area contributed by atoms with Gasteiger partial charge in [-0.1, -0.05) is 0 Å². The van der Waals surface area contributed by atoms with E-state index in [1.165, 1.54) is 0 Å². The Hall–Kier alpha value is -0.790. The summed E-state index contributed by atoms with van der Waals surface area (Å²) in [5, 5.41) is 0. The van der Waals surface area contributed by atoms with Gasteiger partial charge in [-0.2, -0.15) is 21.6 Å². The zero-order chi connectivity index (χ0) is 11.0. The Labute approximate surface area is 78.7 Å². The topological polar surface area (TPSA) is 54.5 Å². The van der Waals surface area contributed by atoms with E-state index in [1.54, 1.807) is 0 Å². The molecule has 0 bridgehead atoms. The van der Waals surface area contributed by atoms with Crippen LogP contribution >= 0.6 is 0 Å². The van der Waals surface area contributed by atoms with Crippen LogP contribution in [0.4, 0.5) is 13.2 Å². The van der Waals surface area contributed by atoms with Gasteiger partial charge < -0.3 is 0 Å². The molecule has 4 nitrogen and oxygen atoms in total. The molecule has 1 aliphatic heterocycles. The first kappa shape index (κ1) is 11.3. The number of hydrogen-bond acceptors (Lipinski definition) is 3. The number of nitrogens with zero attached hydrogens (tertiary/aromatic N) is 1. The molecule has 0 aromatic carbocycles. The summed E-state index contributed by atoms with van der Waals surface area (Å²) in [7, 11) is -5.46. The molecule has 0 unspecified atom stereocenters. The van der Waals surface area contributed by atoms with Gasteiger partial charge in [0.1, 0.15) is 0 Å². The molecular weight excluding hydrogens is 223 g/mol. The lowest BCUT2D eigenvalue weighted by Crippen LogP contribution is -2.46. The summed E-state index contributed by atoms with van der Waals surface area (Å²) >= 11 is 0. The number of carbonyl (C=O) groups is 1. The number of piperidine rings is 1. The van der Waals surface area contributed by atoms with Crippen LogP contribution in [-0.4, -0.2) is 30.7 Å². The van der Waals surface area contributed by atoms with Crippen LogP contribution in [0.15, 0.2) is 0 Å². The Balaban J connectivity index is 2.98. The second-order valence-electron chi connectivity index (χ2n) is 2.87. The molecule has 0 atom stereocenters. The highest BCUT2D eigenvalue weighted by Gasteiger charge is 2.51. The quantitative estimate of drug-likeness (QED) is 0.672. The van der Waals surface area contributed by atoms with E-state index in [0.29, 0.717) is 6.42 Å². The molecule has 8 heteroatoms. The fraction of sp³-hybridized carbons (Fsp3) is 0.833. The number of amides is 1. The maximum absolute atomic E-state index is 12.0. The molecule has 1 amide bonds. The van der Waals surface area contributed by atoms with Crippen LogP contribution in [0.25, 0.3) is 0 Å². The molecule has 0 aromatic rings. The van der Waals surface area contributed by atoms with Gasteiger partial charge in [-0.05, 0) is 12.8 Å². The lowest BCUT2D eigenvalue weighted by molar-refractivity contribution is -0.129. The number of sulfonamides is 1. The first-order valence-corrected chi connectivity index (χ1v) is 5.32. The largest absolute Gasteiger partial charge is 0.516 e. The van der Waals surface area contributed by atoms with E-state index in [9.17, 15) is 26.4 Å². The Morgan fingerprint density at radius 1 is 1.21 bits per heavy atom. The van der Waals surface area contributed by atoms with Gasteiger partial charge >= 0.3 is 15.5 Å². The fourth-order valence-electron chi connectivity index (χ4n) is 1.16. The van der Waals surface area contributed by atoms with E-state index >= 15 is 0 Å². The maximum Gasteiger partial charge on any atom is 0.516 e. The van der Waals surface area contributed by atoms with Crippen molar-refractivity contribution in [3.63, 3.8) is 0 Å². The van der Waals surface area contributed by atoms with E-state index in [-0.39, 0.29) is 23.7 Å². The standard InChI is InChI=1S/C6H8F3NO3S/c7-6(8,9)14(12,13)10-4-2-1-3-5(10)11/h1-4H2. The molecule has 1 rings (SSSR count). The zero-order valence-corrected chi connectivity index (χ0v) is 7.86. The van der Waals surface area contributed by atoms with E-state index in [4.69, 9.17) is 0 Å². The van der Waals surface area contributed by atoms with Crippen molar-refractivity contribution in [2.24, 2.45) is 0 Å². The van der Waals surface area contributed by atoms with Gasteiger partial charge in [0.05, 0.1) is 0 Å². The molecule has 1 fully saturated rings. The third-order valence-electron chi connectivity index (χ3n) is 1.86. The second kappa shape index (κ2) is 3.41. The minimum Gasteiger partial charge on any atom is -0.274 e. The number of hydrogen-bond donors (Lipinski definition) is 0. The minimum atomic E-state index is -5.46. The van der Waals surface area contributed by atoms with Gasteiger partial charge in [-0.25, -0.2) is 4.31 Å². The summed E-state index contributed by atoms with van der Waals surface area (Å²) < 4.78 is 57.5. The Morgan fingerprint density at radius 2 is 1.79 bits per heavy atom. The first-order chi connectivity index (χ1) is 6.27. The molecular formula is C6H8F3NO3S. The zero-order valence-electron chi connectivity index (χ0n) is 7.04. The van der Waals surface area contributed by atoms with Crippen LogP contribution < -0.4 is 0 Å². The van der Waals surface area contributed by atoms with Gasteiger partial charge in [-0.3, -0.25) is 4.79 Å². The molecule has 0 N–H and O–H groups in total. The van der Waals surface area contributed by atoms with Crippen molar-refractivity contribution in [1.82, 2.24) is 4.31 Å². The van der Waals surface area contributed by atoms with Gasteiger partial charge in [0.25, 0.3) is 0 Å². The van der Waals surface area contributed by atoms with Crippen molar-refractivity contribution in [1.29, 1.82) is 0 Å². The van der Waals surface area contributed by atoms with Gasteiger partial charge in [0, 0.05) is 13.0 Å². The highest BCUT2D eigenvalue weighted by atomic mass is 32.2. The van der Waals surface area contributed by atoms with Crippen LogP contribution in [0.5, 0.6) is 0 Å². The van der Waals surface area contributed by atoms with Crippen molar-refractivity contribution in [2.75, 3.05) is 6.54 Å². The number of rotatable bonds is 1. The van der Waals surface area contributed by atoms with Crippen molar-refractivity contribution < 1.29 is 26.4 Å². The molecule has 0 aliphatic carbocycles. The van der Waals surface area contributed by atoms with E-state index in [2.05, 4.69) is 0 Å². The first-order valence-electron chi connectivity index (χ1n) is 3.88. The lowest BCUT2D eigenvalue weighted by Gasteiger charge is -2.26. The van der Waals surface area contributed by atoms with Crippen molar-refractivity contribution in [3.05, 3.63) is 0 Å². The summed E-state index contributed by atoms with van der Waals surface area (Å²) in [6.45, 7) is -0.374. The molecule has 1 heterocycles. The monoisotopic (exact) mass is 231 g/mol. The smallest absolute Gasteiger partial charge is 0.274 e. The van der Waals surface area contributed by atoms with Gasteiger partial charge in [0.2, 0.25) is 5.91 Å². The average molecular weight is 231 g/mol. The van der Waals surface area contributed by atoms with Crippen LogP contribution in [0.1, 0.15) is 19.3 Å². The minimum absolute atomic E-state index is 0.0868. The van der Waals surface area contributed by atoms with Crippen molar-refractivity contribution in [3.8, 4) is 0 Å². The lowest BCUT2D eigenvalue weighted by atomic mass is 10.2. The number of alkyl halides is 3. The molecule has 1 saturated heterocycles. The molecule has 0 saturated carbocycles. The summed E-state index contributed by atoms with van der Waals surface area (Å²) in [4.78, 5) is 10.9. The van der Waals surface area contributed by atoms with E-state index < -0.39 is 21.4 Å². The van der Waals surface area contributed by atoms with Crippen LogP contribution in [0, 0.1) is 0 Å². The Morgan fingerprint density at radius 3 is 2.21 bits per heavy atom. The summed E-state index contributed by atoms with van der Waals surface area (Å²) in [6, 6.07) is 0. The SMILES string of the molecule is O=C1CCCCN1S(=O)(=O)C(F)(F)F. The van der Waals surface area contributed by atoms with Crippen molar-refractivity contribution in [2.45, 2.75) is 24.8 Å². The normalized spacial score (nSPS) is 19.9. The predicted molar refractivity (Wildman–Crippen MR) is 40.5 cm³/mol. The summed E-state index contributed by atoms with van der Waals surface area (Å²) in [6.07, 6.45) is 0.569. The Bertz CT molecular complexity index is 335. The van der Waals surface area contributed by atoms with E-state index in [1.807, 2.05) is 0 Å². The Kier molecular flexibility index (Phi) is 2.75. The van der Waals surface area contributed by atoms with Gasteiger partial charge in [0.15, 0.2) is 0 Å². The molecule has 14 heavy (non-hydrogen) atoms. The highest BCUT2D eigenvalue weighted by Crippen LogP contribution is 2.29. The molecule has 0 radical (unpaired) electrons. The van der Waals surface area contributed by atoms with Crippen LogP contribution in [0.2, 0.25) is 0 Å². The molecule has 82 valence electrons. The van der Waals surface area contributed by atoms with Crippen molar-refractivity contribution >= 4 is 15.9 Å². The van der Waals surface area contributed by atoms with E-state index in [0.717, 1.165) is 0 Å². The maximum atomic E-state index is 12.0. The van der Waals surface area contributed by atoms with Gasteiger partial charge in [-0.15, -0.1) is 0 Å². The predicted octanol–water partition coefficient (Wildman–Crippen LogP) is 0.849. The third-order valence-corrected chi connectivity index (χ3v) is 3.41. The third kappa shape index (κ3) is 1.84. The second-order valence-corrected chi connectivity index (χ2v) is 4.73. The number of carbonyl (C=O) groups excluding carboxylic acids is 1. The highest BCUT2D eigenvalue weighted by molar-refractivity contribution is 7.90. The fourth-order valence-corrected chi connectivity index (χ4v) is 2.14. The van der Waals surface area contributed by atoms with Crippen LogP contribution in [0.3, 0.4) is 0 Å². The summed E-state index contributed by atoms with van der Waals surface area (Å²) in [5.74, 6) is -0.978. The molecule has 1 aliphatic rings.